The van der Waals surface area contributed by atoms with Crippen LogP contribution >= 0.6 is 11.3 Å². The van der Waals surface area contributed by atoms with Crippen LogP contribution in [0.1, 0.15) is 55.3 Å². The van der Waals surface area contributed by atoms with Crippen molar-refractivity contribution in [3.63, 3.8) is 0 Å². The number of ether oxygens (including phenoxy) is 1. The molecule has 10 heteroatoms. The zero-order valence-electron chi connectivity index (χ0n) is 21.3. The predicted molar refractivity (Wildman–Crippen MR) is 143 cm³/mol. The van der Waals surface area contributed by atoms with Gasteiger partial charge in [0.05, 0.1) is 25.5 Å². The largest absolute Gasteiger partial charge is 0.497 e. The Morgan fingerprint density at radius 3 is 2.76 bits per heavy atom. The van der Waals surface area contributed by atoms with Crippen molar-refractivity contribution >= 4 is 22.2 Å². The molecule has 0 spiro atoms. The van der Waals surface area contributed by atoms with E-state index in [0.717, 1.165) is 28.0 Å². The van der Waals surface area contributed by atoms with Gasteiger partial charge in [-0.05, 0) is 78.5 Å². The minimum Gasteiger partial charge on any atom is -0.497 e. The van der Waals surface area contributed by atoms with E-state index >= 15 is 0 Å². The summed E-state index contributed by atoms with van der Waals surface area (Å²) >= 11 is 1.67. The number of benzene rings is 1. The zero-order chi connectivity index (χ0) is 26.0. The second-order valence-electron chi connectivity index (χ2n) is 9.59. The molecule has 37 heavy (non-hydrogen) atoms. The van der Waals surface area contributed by atoms with Crippen molar-refractivity contribution in [2.24, 2.45) is 0 Å². The molecule has 9 nitrogen and oxygen atoms in total. The highest BCUT2D eigenvalue weighted by Crippen LogP contribution is 2.33. The smallest absolute Gasteiger partial charge is 0.253 e. The summed E-state index contributed by atoms with van der Waals surface area (Å²) in [5.74, 6) is 2.10. The summed E-state index contributed by atoms with van der Waals surface area (Å²) in [5, 5.41) is 15.8. The lowest BCUT2D eigenvalue weighted by atomic mass is 9.99. The van der Waals surface area contributed by atoms with Gasteiger partial charge in [0.2, 0.25) is 0 Å². The number of aromatic nitrogens is 5. The summed E-state index contributed by atoms with van der Waals surface area (Å²) in [7, 11) is 1.63. The standard InChI is InChI=1S/C27H30N6O3S/c1-5-27(2,3)33-25(29-30-31-33)24(22-15-18-14-19(35-4)10-11-23(18)28-26(22)34)32(16-20-8-6-12-36-20)17-21-9-7-13-37-21/h6-15,24H,5,16-17H2,1-4H3,(H,28,34)/t24-/m0/s1. The predicted octanol–water partition coefficient (Wildman–Crippen LogP) is 5.11. The van der Waals surface area contributed by atoms with Crippen LogP contribution in [-0.4, -0.2) is 37.2 Å². The fourth-order valence-corrected chi connectivity index (χ4v) is 5.15. The minimum absolute atomic E-state index is 0.192. The van der Waals surface area contributed by atoms with Crippen molar-refractivity contribution in [2.75, 3.05) is 7.11 Å². The molecule has 0 aliphatic carbocycles. The van der Waals surface area contributed by atoms with E-state index in [4.69, 9.17) is 9.15 Å². The quantitative estimate of drug-likeness (QED) is 0.274. The Morgan fingerprint density at radius 1 is 1.19 bits per heavy atom. The number of furan rings is 1. The van der Waals surface area contributed by atoms with Crippen LogP contribution in [0.4, 0.5) is 0 Å². The van der Waals surface area contributed by atoms with Gasteiger partial charge in [0.25, 0.3) is 5.56 Å². The molecular weight excluding hydrogens is 488 g/mol. The molecule has 5 rings (SSSR count). The Labute approximate surface area is 218 Å². The molecule has 0 amide bonds. The van der Waals surface area contributed by atoms with Gasteiger partial charge in [-0.25, -0.2) is 4.68 Å². The Morgan fingerprint density at radius 2 is 2.05 bits per heavy atom. The number of hydrogen-bond acceptors (Lipinski definition) is 8. The molecule has 4 heterocycles. The first-order valence-electron chi connectivity index (χ1n) is 12.2. The molecule has 192 valence electrons. The van der Waals surface area contributed by atoms with Crippen molar-refractivity contribution in [1.82, 2.24) is 30.1 Å². The Bertz CT molecular complexity index is 1490. The first-order chi connectivity index (χ1) is 17.9. The van der Waals surface area contributed by atoms with Crippen LogP contribution in [0, 0.1) is 0 Å². The zero-order valence-corrected chi connectivity index (χ0v) is 22.2. The molecular formula is C27H30N6O3S. The number of aromatic amines is 1. The molecule has 0 unspecified atom stereocenters. The minimum atomic E-state index is -0.549. The number of thiophene rings is 1. The lowest BCUT2D eigenvalue weighted by molar-refractivity contribution is 0.169. The maximum absolute atomic E-state index is 13.7. The maximum Gasteiger partial charge on any atom is 0.253 e. The molecule has 1 atom stereocenters. The number of pyridine rings is 1. The highest BCUT2D eigenvalue weighted by atomic mass is 32.1. The number of H-pyrrole nitrogens is 1. The van der Waals surface area contributed by atoms with Gasteiger partial charge in [-0.15, -0.1) is 16.4 Å². The van der Waals surface area contributed by atoms with Gasteiger partial charge in [-0.3, -0.25) is 9.69 Å². The maximum atomic E-state index is 13.7. The summed E-state index contributed by atoms with van der Waals surface area (Å²) in [6, 6.07) is 14.9. The first kappa shape index (κ1) is 24.9. The number of tetrazole rings is 1. The monoisotopic (exact) mass is 518 g/mol. The Kier molecular flexibility index (Phi) is 6.94. The number of nitrogens with zero attached hydrogens (tertiary/aromatic N) is 5. The van der Waals surface area contributed by atoms with Gasteiger partial charge < -0.3 is 14.1 Å². The molecule has 1 N–H and O–H groups in total. The molecule has 0 aliphatic heterocycles. The van der Waals surface area contributed by atoms with Gasteiger partial charge in [-0.1, -0.05) is 13.0 Å². The molecule has 5 aromatic rings. The topological polar surface area (TPSA) is 102 Å². The van der Waals surface area contributed by atoms with Crippen molar-refractivity contribution in [1.29, 1.82) is 0 Å². The summed E-state index contributed by atoms with van der Waals surface area (Å²) in [5.41, 5.74) is 0.731. The Hall–Kier alpha value is -3.76. The van der Waals surface area contributed by atoms with Gasteiger partial charge in [-0.2, -0.15) is 0 Å². The number of nitrogens with one attached hydrogen (secondary N) is 1. The average Bonchev–Trinajstić information content (AvgIpc) is 3.68. The van der Waals surface area contributed by atoms with E-state index < -0.39 is 6.04 Å². The van der Waals surface area contributed by atoms with Crippen LogP contribution in [0.25, 0.3) is 10.9 Å². The highest BCUT2D eigenvalue weighted by molar-refractivity contribution is 7.09. The van der Waals surface area contributed by atoms with Crippen LogP contribution in [-0.2, 0) is 18.6 Å². The third-order valence-corrected chi connectivity index (χ3v) is 7.66. The fraction of sp³-hybridized carbons (Fsp3) is 0.333. The summed E-state index contributed by atoms with van der Waals surface area (Å²) in [6.07, 6.45) is 2.47. The summed E-state index contributed by atoms with van der Waals surface area (Å²) < 4.78 is 13.0. The molecule has 0 saturated carbocycles. The van der Waals surface area contributed by atoms with Crippen molar-refractivity contribution in [3.8, 4) is 5.75 Å². The number of rotatable bonds is 10. The van der Waals surface area contributed by atoms with Gasteiger partial charge in [0.1, 0.15) is 17.6 Å². The van der Waals surface area contributed by atoms with E-state index in [0.29, 0.717) is 30.2 Å². The molecule has 1 aromatic carbocycles. The van der Waals surface area contributed by atoms with Gasteiger partial charge in [0, 0.05) is 27.9 Å². The van der Waals surface area contributed by atoms with Crippen LogP contribution in [0.3, 0.4) is 0 Å². The molecule has 4 aromatic heterocycles. The van der Waals surface area contributed by atoms with Crippen LogP contribution in [0.15, 0.2) is 69.4 Å². The second-order valence-corrected chi connectivity index (χ2v) is 10.6. The van der Waals surface area contributed by atoms with E-state index in [2.05, 4.69) is 57.6 Å². The average molecular weight is 519 g/mol. The van der Waals surface area contributed by atoms with Crippen LogP contribution in [0.2, 0.25) is 0 Å². The molecule has 0 saturated heterocycles. The van der Waals surface area contributed by atoms with Crippen molar-refractivity contribution in [2.45, 2.75) is 51.9 Å². The summed E-state index contributed by atoms with van der Waals surface area (Å²) in [4.78, 5) is 20.1. The normalized spacial score (nSPS) is 12.9. The van der Waals surface area contributed by atoms with Crippen LogP contribution in [0.5, 0.6) is 5.75 Å². The second kappa shape index (κ2) is 10.3. The lowest BCUT2D eigenvalue weighted by Crippen LogP contribution is -2.37. The Balaban J connectivity index is 1.73. The number of hydrogen-bond donors (Lipinski definition) is 1. The van der Waals surface area contributed by atoms with Crippen LogP contribution < -0.4 is 10.3 Å². The van der Waals surface area contributed by atoms with Crippen molar-refractivity contribution in [3.05, 3.63) is 92.6 Å². The van der Waals surface area contributed by atoms with Gasteiger partial charge in [0.15, 0.2) is 5.82 Å². The number of methoxy groups -OCH3 is 1. The third-order valence-electron chi connectivity index (χ3n) is 6.79. The van der Waals surface area contributed by atoms with E-state index in [1.165, 1.54) is 0 Å². The first-order valence-corrected chi connectivity index (χ1v) is 13.1. The van der Waals surface area contributed by atoms with E-state index in [-0.39, 0.29) is 11.1 Å². The van der Waals surface area contributed by atoms with Gasteiger partial charge >= 0.3 is 0 Å². The highest BCUT2D eigenvalue weighted by Gasteiger charge is 2.35. The fourth-order valence-electron chi connectivity index (χ4n) is 4.42. The number of fused-ring (bicyclic) bond motifs is 1. The molecule has 0 aliphatic rings. The molecule has 0 fully saturated rings. The third kappa shape index (κ3) is 5.07. The van der Waals surface area contributed by atoms with E-state index in [1.54, 1.807) is 24.7 Å². The SMILES string of the molecule is CCC(C)(C)n1nnnc1[C@H](c1cc2cc(OC)ccc2[nH]c1=O)N(Cc1ccco1)Cc1cccs1. The van der Waals surface area contributed by atoms with E-state index in [9.17, 15) is 4.79 Å². The summed E-state index contributed by atoms with van der Waals surface area (Å²) in [6.45, 7) is 7.33. The lowest BCUT2D eigenvalue weighted by Gasteiger charge is -2.33. The van der Waals surface area contributed by atoms with E-state index in [1.807, 2.05) is 47.1 Å². The molecule has 0 radical (unpaired) electrons. The van der Waals surface area contributed by atoms with Crippen molar-refractivity contribution < 1.29 is 9.15 Å². The molecule has 0 bridgehead atoms.